The van der Waals surface area contributed by atoms with Gasteiger partial charge in [0.1, 0.15) is 11.2 Å². The number of aliphatic hydroxyl groups is 1. The maximum absolute atomic E-state index is 12.3. The minimum Gasteiger partial charge on any atom is -0.477 e. The van der Waals surface area contributed by atoms with Crippen molar-refractivity contribution < 1.29 is 34.0 Å². The van der Waals surface area contributed by atoms with Gasteiger partial charge in [-0.25, -0.2) is 4.79 Å². The first-order chi connectivity index (χ1) is 12.4. The van der Waals surface area contributed by atoms with Crippen molar-refractivity contribution in [2.45, 2.75) is 89.1 Å². The number of hydrogen-bond acceptors (Lipinski definition) is 7. The van der Waals surface area contributed by atoms with Gasteiger partial charge in [-0.2, -0.15) is 0 Å². The first-order valence-corrected chi connectivity index (χ1v) is 9.40. The van der Waals surface area contributed by atoms with Gasteiger partial charge in [0.25, 0.3) is 5.79 Å². The maximum atomic E-state index is 12.3. The highest BCUT2D eigenvalue weighted by Crippen LogP contribution is 2.62. The normalized spacial score (nSPS) is 40.8. The van der Waals surface area contributed by atoms with Crippen LogP contribution < -0.4 is 5.32 Å². The number of carboxylic acids is 1. The minimum absolute atomic E-state index is 0.926. The highest BCUT2D eigenvalue weighted by atomic mass is 16.7. The Balaban J connectivity index is 4.10. The quantitative estimate of drug-likeness (QED) is 0.589. The second-order valence-corrected chi connectivity index (χ2v) is 9.27. The van der Waals surface area contributed by atoms with Crippen LogP contribution in [0.3, 0.4) is 0 Å². The molecule has 1 aliphatic heterocycles. The number of carbonyl (C=O) groups is 1. The third kappa shape index (κ3) is 2.48. The fourth-order valence-electron chi connectivity index (χ4n) is 4.96. The zero-order valence-corrected chi connectivity index (χ0v) is 19.4. The summed E-state index contributed by atoms with van der Waals surface area (Å²) >= 11 is 0. The van der Waals surface area contributed by atoms with E-state index in [4.69, 9.17) is 18.9 Å². The number of methoxy groups -OCH3 is 3. The summed E-state index contributed by atoms with van der Waals surface area (Å²) in [6, 6.07) is 0. The highest BCUT2D eigenvalue weighted by Gasteiger charge is 2.81. The summed E-state index contributed by atoms with van der Waals surface area (Å²) in [5.41, 5.74) is -7.17. The van der Waals surface area contributed by atoms with Crippen molar-refractivity contribution in [3.63, 3.8) is 0 Å². The van der Waals surface area contributed by atoms with Crippen molar-refractivity contribution in [3.05, 3.63) is 0 Å². The fourth-order valence-corrected chi connectivity index (χ4v) is 4.96. The molecule has 0 spiro atoms. The van der Waals surface area contributed by atoms with Crippen molar-refractivity contribution in [3.8, 4) is 0 Å². The van der Waals surface area contributed by atoms with Crippen LogP contribution in [0.4, 0.5) is 0 Å². The molecule has 1 aliphatic rings. The number of nitrogens with one attached hydrogen (secondary N) is 1. The lowest BCUT2D eigenvalue weighted by Gasteiger charge is -2.72. The lowest BCUT2D eigenvalue weighted by molar-refractivity contribution is -0.434. The van der Waals surface area contributed by atoms with Crippen LogP contribution >= 0.6 is 0 Å². The molecule has 1 saturated heterocycles. The van der Waals surface area contributed by atoms with Crippen LogP contribution in [0.5, 0.6) is 0 Å². The van der Waals surface area contributed by atoms with E-state index in [-0.39, 0.29) is 0 Å². The highest BCUT2D eigenvalue weighted by molar-refractivity contribution is 5.77. The largest absolute Gasteiger partial charge is 0.477 e. The van der Waals surface area contributed by atoms with Gasteiger partial charge in [-0.1, -0.05) is 13.8 Å². The average molecular weight is 406 g/mol. The lowest BCUT2D eigenvalue weighted by Crippen LogP contribution is -2.91. The molecule has 1 rings (SSSR count). The van der Waals surface area contributed by atoms with Gasteiger partial charge in [-0.05, 0) is 48.6 Å². The Morgan fingerprint density at radius 1 is 1.00 bits per heavy atom. The summed E-state index contributed by atoms with van der Waals surface area (Å²) in [5.74, 6) is -4.06. The smallest absolute Gasteiger partial charge is 0.364 e. The second kappa shape index (κ2) is 6.89. The molecule has 5 atom stereocenters. The molecule has 0 radical (unpaired) electrons. The molecule has 0 aliphatic carbocycles. The molecule has 0 bridgehead atoms. The number of rotatable bonds is 7. The van der Waals surface area contributed by atoms with Gasteiger partial charge >= 0.3 is 5.97 Å². The molecule has 3 N–H and O–H groups in total. The van der Waals surface area contributed by atoms with Crippen LogP contribution in [-0.4, -0.2) is 78.3 Å². The molecule has 0 saturated carbocycles. The van der Waals surface area contributed by atoms with Crippen LogP contribution in [0, 0.1) is 5.41 Å². The van der Waals surface area contributed by atoms with Crippen molar-refractivity contribution in [1.29, 1.82) is 0 Å². The van der Waals surface area contributed by atoms with Crippen LogP contribution in [0.15, 0.2) is 0 Å². The molecular weight excluding hydrogens is 366 g/mol. The summed E-state index contributed by atoms with van der Waals surface area (Å²) in [6.07, 6.45) is 0. The molecule has 0 aromatic rings. The topological polar surface area (TPSA) is 106 Å². The predicted molar refractivity (Wildman–Crippen MR) is 105 cm³/mol. The Kier molecular flexibility index (Phi) is 6.22. The van der Waals surface area contributed by atoms with E-state index in [0.717, 1.165) is 0 Å². The first-order valence-electron chi connectivity index (χ1n) is 9.40. The Bertz CT molecular complexity index is 624. The van der Waals surface area contributed by atoms with Crippen molar-refractivity contribution in [2.75, 3.05) is 28.4 Å². The summed E-state index contributed by atoms with van der Waals surface area (Å²) < 4.78 is 23.9. The van der Waals surface area contributed by atoms with E-state index in [9.17, 15) is 15.0 Å². The zero-order valence-electron chi connectivity index (χ0n) is 19.4. The molecule has 0 aromatic carbocycles. The SMILES string of the molecule is CNC1(C)C(C)(OC)C(C)(C)C(O)(C(=O)O)OC1(C)[C@](C)(OC)C(C)(C)OC. The fraction of sp³-hybridized carbons (Fsp3) is 0.950. The molecule has 28 heavy (non-hydrogen) atoms. The van der Waals surface area contributed by atoms with Crippen molar-refractivity contribution in [2.24, 2.45) is 5.41 Å². The van der Waals surface area contributed by atoms with Crippen LogP contribution in [0.1, 0.15) is 55.4 Å². The molecule has 166 valence electrons. The van der Waals surface area contributed by atoms with E-state index in [1.54, 1.807) is 48.8 Å². The van der Waals surface area contributed by atoms with Gasteiger partial charge in [0, 0.05) is 21.3 Å². The molecule has 0 amide bonds. The lowest BCUT2D eigenvalue weighted by atomic mass is 9.49. The Hall–Kier alpha value is -0.770. The molecule has 1 fully saturated rings. The molecular formula is C20H39NO7. The van der Waals surface area contributed by atoms with E-state index in [1.165, 1.54) is 14.2 Å². The van der Waals surface area contributed by atoms with Crippen LogP contribution in [-0.2, 0) is 23.7 Å². The summed E-state index contributed by atoms with van der Waals surface area (Å²) in [4.78, 5) is 12.3. The van der Waals surface area contributed by atoms with E-state index in [1.807, 2.05) is 20.8 Å². The molecule has 4 unspecified atom stereocenters. The van der Waals surface area contributed by atoms with Gasteiger partial charge in [-0.15, -0.1) is 0 Å². The molecule has 0 aromatic heterocycles. The second-order valence-electron chi connectivity index (χ2n) is 9.27. The molecule has 8 nitrogen and oxygen atoms in total. The molecule has 8 heteroatoms. The number of aliphatic carboxylic acids is 1. The zero-order chi connectivity index (χ0) is 22.6. The third-order valence-electron chi connectivity index (χ3n) is 8.48. The van der Waals surface area contributed by atoms with Crippen molar-refractivity contribution >= 4 is 5.97 Å². The van der Waals surface area contributed by atoms with Gasteiger partial charge < -0.3 is 34.5 Å². The summed E-state index contributed by atoms with van der Waals surface area (Å²) in [5, 5.41) is 24.7. The Labute approximate surface area is 168 Å². The predicted octanol–water partition coefficient (Wildman–Crippen LogP) is 1.79. The summed E-state index contributed by atoms with van der Waals surface area (Å²) in [7, 11) is 6.30. The van der Waals surface area contributed by atoms with E-state index < -0.39 is 45.1 Å². The number of likely N-dealkylation sites (N-methyl/N-ethyl adjacent to an activating group) is 1. The Morgan fingerprint density at radius 3 is 1.75 bits per heavy atom. The van der Waals surface area contributed by atoms with E-state index in [0.29, 0.717) is 0 Å². The summed E-state index contributed by atoms with van der Waals surface area (Å²) in [6.45, 7) is 14.0. The molecule has 1 heterocycles. The third-order valence-corrected chi connectivity index (χ3v) is 8.48. The monoisotopic (exact) mass is 405 g/mol. The Morgan fingerprint density at radius 2 is 1.46 bits per heavy atom. The van der Waals surface area contributed by atoms with Crippen molar-refractivity contribution in [1.82, 2.24) is 5.32 Å². The van der Waals surface area contributed by atoms with Crippen LogP contribution in [0.25, 0.3) is 0 Å². The van der Waals surface area contributed by atoms with E-state index >= 15 is 0 Å². The van der Waals surface area contributed by atoms with Crippen LogP contribution in [0.2, 0.25) is 0 Å². The number of carboxylic acid groups (broad SMARTS) is 1. The van der Waals surface area contributed by atoms with Gasteiger partial charge in [-0.3, -0.25) is 0 Å². The van der Waals surface area contributed by atoms with Gasteiger partial charge in [0.2, 0.25) is 0 Å². The van der Waals surface area contributed by atoms with Gasteiger partial charge in [0.15, 0.2) is 0 Å². The first kappa shape index (κ1) is 25.3. The standard InChI is InChI=1S/C20H39NO7/c1-14(2)17(6,26-11)16(5,21-9)19(8,28-20(14,24)13(22)23)18(7,27-12)15(3,4)25-10/h21,24H,1-12H3,(H,22,23)/t16?,17?,18-,19?,20?/m1/s1. The maximum Gasteiger partial charge on any atom is 0.364 e. The number of hydrogen-bond donors (Lipinski definition) is 3. The minimum atomic E-state index is -2.56. The number of ether oxygens (including phenoxy) is 4. The average Bonchev–Trinajstić information content (AvgIpc) is 2.63. The van der Waals surface area contributed by atoms with Gasteiger partial charge in [0.05, 0.1) is 22.2 Å². The van der Waals surface area contributed by atoms with E-state index in [2.05, 4.69) is 5.32 Å².